The first kappa shape index (κ1) is 16.1. The summed E-state index contributed by atoms with van der Waals surface area (Å²) >= 11 is 2.97. The number of thiophene rings is 1. The molecule has 0 radical (unpaired) electrons. The Bertz CT molecular complexity index is 979. The normalized spacial score (nSPS) is 11.1. The van der Waals surface area contributed by atoms with Crippen molar-refractivity contribution in [3.8, 4) is 0 Å². The quantitative estimate of drug-likeness (QED) is 0.483. The molecular weight excluding hydrogens is 352 g/mol. The lowest BCUT2D eigenvalue weighted by Gasteiger charge is -2.17. The van der Waals surface area contributed by atoms with Crippen LogP contribution in [0.3, 0.4) is 0 Å². The molecule has 4 rings (SSSR count). The lowest BCUT2D eigenvalue weighted by atomic mass is 10.1. The summed E-state index contributed by atoms with van der Waals surface area (Å²) in [6.45, 7) is 4.53. The van der Waals surface area contributed by atoms with Gasteiger partial charge in [-0.25, -0.2) is 4.98 Å². The van der Waals surface area contributed by atoms with Crippen LogP contribution in [0.25, 0.3) is 10.2 Å². The van der Waals surface area contributed by atoms with Crippen molar-refractivity contribution < 1.29 is 9.21 Å². The molecule has 25 heavy (non-hydrogen) atoms. The number of hydrogen-bond donors (Lipinski definition) is 0. The predicted octanol–water partition coefficient (Wildman–Crippen LogP) is 5.41. The Labute approximate surface area is 153 Å². The minimum atomic E-state index is -0.0566. The number of carbonyl (C=O) groups excluding carboxylic acids is 1. The second-order valence-corrected chi connectivity index (χ2v) is 7.81. The number of thiazole rings is 1. The summed E-state index contributed by atoms with van der Waals surface area (Å²) in [7, 11) is 0. The Morgan fingerprint density at radius 2 is 2.04 bits per heavy atom. The molecule has 0 unspecified atom stereocenters. The third-order valence-corrected chi connectivity index (χ3v) is 5.99. The third kappa shape index (κ3) is 3.10. The number of hydrogen-bond acceptors (Lipinski definition) is 5. The zero-order chi connectivity index (χ0) is 17.4. The number of aryl methyl sites for hydroxylation is 2. The fraction of sp³-hybridized carbons (Fsp3) is 0.158. The fourth-order valence-electron chi connectivity index (χ4n) is 2.60. The van der Waals surface area contributed by atoms with Gasteiger partial charge in [-0.2, -0.15) is 0 Å². The maximum Gasteiger partial charge on any atom is 0.270 e. The van der Waals surface area contributed by atoms with Crippen molar-refractivity contribution in [3.63, 3.8) is 0 Å². The van der Waals surface area contributed by atoms with Crippen LogP contribution >= 0.6 is 22.7 Å². The maximum absolute atomic E-state index is 13.0. The number of benzene rings is 1. The van der Waals surface area contributed by atoms with Crippen molar-refractivity contribution in [1.82, 2.24) is 4.98 Å². The highest BCUT2D eigenvalue weighted by Crippen LogP contribution is 2.33. The van der Waals surface area contributed by atoms with Crippen molar-refractivity contribution in [1.29, 1.82) is 0 Å². The fourth-order valence-corrected chi connectivity index (χ4v) is 4.32. The van der Waals surface area contributed by atoms with Crippen molar-refractivity contribution in [3.05, 3.63) is 69.8 Å². The molecule has 126 valence electrons. The van der Waals surface area contributed by atoms with Crippen LogP contribution in [0.15, 0.2) is 52.5 Å². The van der Waals surface area contributed by atoms with Gasteiger partial charge >= 0.3 is 0 Å². The molecule has 0 aliphatic carbocycles. The van der Waals surface area contributed by atoms with Gasteiger partial charge in [-0.05, 0) is 60.7 Å². The average molecular weight is 368 g/mol. The van der Waals surface area contributed by atoms with Gasteiger partial charge in [-0.15, -0.1) is 11.3 Å². The van der Waals surface area contributed by atoms with Gasteiger partial charge < -0.3 is 4.42 Å². The lowest BCUT2D eigenvalue weighted by molar-refractivity contribution is 0.0987. The number of carbonyl (C=O) groups is 1. The summed E-state index contributed by atoms with van der Waals surface area (Å²) in [5.41, 5.74) is 3.35. The van der Waals surface area contributed by atoms with Crippen LogP contribution in [0.2, 0.25) is 0 Å². The Morgan fingerprint density at radius 3 is 2.76 bits per heavy atom. The third-order valence-electron chi connectivity index (χ3n) is 4.09. The van der Waals surface area contributed by atoms with Gasteiger partial charge in [0, 0.05) is 0 Å². The van der Waals surface area contributed by atoms with E-state index in [2.05, 4.69) is 26.0 Å². The van der Waals surface area contributed by atoms with Crippen LogP contribution in [0.4, 0.5) is 5.13 Å². The Hall–Kier alpha value is -2.44. The van der Waals surface area contributed by atoms with Crippen molar-refractivity contribution in [2.24, 2.45) is 0 Å². The Kier molecular flexibility index (Phi) is 4.15. The van der Waals surface area contributed by atoms with Gasteiger partial charge in [0.05, 0.1) is 27.9 Å². The minimum absolute atomic E-state index is 0.0566. The van der Waals surface area contributed by atoms with E-state index in [1.54, 1.807) is 11.2 Å². The monoisotopic (exact) mass is 368 g/mol. The molecule has 0 saturated heterocycles. The Morgan fingerprint density at radius 1 is 1.20 bits per heavy atom. The smallest absolute Gasteiger partial charge is 0.270 e. The van der Waals surface area contributed by atoms with Gasteiger partial charge in [-0.1, -0.05) is 17.4 Å². The highest BCUT2D eigenvalue weighted by atomic mass is 32.1. The van der Waals surface area contributed by atoms with E-state index in [-0.39, 0.29) is 5.91 Å². The van der Waals surface area contributed by atoms with E-state index in [0.29, 0.717) is 16.6 Å². The van der Waals surface area contributed by atoms with Crippen molar-refractivity contribution in [2.45, 2.75) is 20.4 Å². The molecule has 6 heteroatoms. The molecule has 3 aromatic heterocycles. The van der Waals surface area contributed by atoms with Crippen LogP contribution in [0.1, 0.15) is 26.6 Å². The molecule has 0 N–H and O–H groups in total. The molecule has 1 aromatic carbocycles. The standard InChI is InChI=1S/C19H16N2O2S2/c1-12-9-15-17(10-13(12)2)25-19(20-15)21(11-14-5-3-7-23-14)18(22)16-6-4-8-24-16/h3-10H,11H2,1-2H3. The summed E-state index contributed by atoms with van der Waals surface area (Å²) in [6, 6.07) is 11.6. The van der Waals surface area contributed by atoms with E-state index in [4.69, 9.17) is 9.40 Å². The van der Waals surface area contributed by atoms with E-state index >= 15 is 0 Å². The van der Waals surface area contributed by atoms with Crippen LogP contribution in [-0.2, 0) is 6.54 Å². The first-order valence-electron chi connectivity index (χ1n) is 7.87. The largest absolute Gasteiger partial charge is 0.467 e. The molecular formula is C19H16N2O2S2. The Balaban J connectivity index is 1.78. The van der Waals surface area contributed by atoms with E-state index < -0.39 is 0 Å². The maximum atomic E-state index is 13.0. The molecule has 3 heterocycles. The molecule has 4 aromatic rings. The van der Waals surface area contributed by atoms with Crippen LogP contribution in [0.5, 0.6) is 0 Å². The number of amides is 1. The highest BCUT2D eigenvalue weighted by molar-refractivity contribution is 7.22. The summed E-state index contributed by atoms with van der Waals surface area (Å²) < 4.78 is 6.54. The number of furan rings is 1. The first-order chi connectivity index (χ1) is 12.1. The number of rotatable bonds is 4. The molecule has 0 aliphatic heterocycles. The number of nitrogens with zero attached hydrogens (tertiary/aromatic N) is 2. The first-order valence-corrected chi connectivity index (χ1v) is 9.57. The van der Waals surface area contributed by atoms with E-state index in [1.807, 2.05) is 29.6 Å². The SMILES string of the molecule is Cc1cc2nc(N(Cc3ccco3)C(=O)c3cccs3)sc2cc1C. The van der Waals surface area contributed by atoms with Gasteiger partial charge in [0.25, 0.3) is 5.91 Å². The second-order valence-electron chi connectivity index (χ2n) is 5.85. The zero-order valence-corrected chi connectivity index (χ0v) is 15.5. The molecule has 0 bridgehead atoms. The zero-order valence-electron chi connectivity index (χ0n) is 13.9. The van der Waals surface area contributed by atoms with Gasteiger partial charge in [0.1, 0.15) is 5.76 Å². The van der Waals surface area contributed by atoms with Crippen molar-refractivity contribution in [2.75, 3.05) is 4.90 Å². The van der Waals surface area contributed by atoms with Crippen LogP contribution in [0, 0.1) is 13.8 Å². The molecule has 0 fully saturated rings. The summed E-state index contributed by atoms with van der Waals surface area (Å²) in [4.78, 5) is 20.1. The van der Waals surface area contributed by atoms with Gasteiger partial charge in [-0.3, -0.25) is 9.69 Å². The number of anilines is 1. The summed E-state index contributed by atoms with van der Waals surface area (Å²) in [5.74, 6) is 0.676. The molecule has 0 atom stereocenters. The van der Waals surface area contributed by atoms with Crippen LogP contribution < -0.4 is 4.90 Å². The predicted molar refractivity (Wildman–Crippen MR) is 103 cm³/mol. The van der Waals surface area contributed by atoms with E-state index in [1.165, 1.54) is 33.8 Å². The molecule has 0 aliphatic rings. The molecule has 0 spiro atoms. The van der Waals surface area contributed by atoms with Crippen LogP contribution in [-0.4, -0.2) is 10.9 Å². The number of fused-ring (bicyclic) bond motifs is 1. The molecule has 4 nitrogen and oxygen atoms in total. The highest BCUT2D eigenvalue weighted by Gasteiger charge is 2.23. The number of aromatic nitrogens is 1. The van der Waals surface area contributed by atoms with E-state index in [0.717, 1.165) is 16.0 Å². The summed E-state index contributed by atoms with van der Waals surface area (Å²) in [6.07, 6.45) is 1.62. The average Bonchev–Trinajstić information content (AvgIpc) is 3.34. The topological polar surface area (TPSA) is 46.3 Å². The van der Waals surface area contributed by atoms with E-state index in [9.17, 15) is 4.79 Å². The van der Waals surface area contributed by atoms with Gasteiger partial charge in [0.2, 0.25) is 0 Å². The van der Waals surface area contributed by atoms with Gasteiger partial charge in [0.15, 0.2) is 5.13 Å². The molecule has 1 amide bonds. The minimum Gasteiger partial charge on any atom is -0.467 e. The van der Waals surface area contributed by atoms with Crippen molar-refractivity contribution >= 4 is 43.9 Å². The molecule has 0 saturated carbocycles. The lowest BCUT2D eigenvalue weighted by Crippen LogP contribution is -2.29. The summed E-state index contributed by atoms with van der Waals surface area (Å²) in [5, 5.41) is 2.60. The second kappa shape index (κ2) is 6.46.